The van der Waals surface area contributed by atoms with Crippen LogP contribution in [0.3, 0.4) is 0 Å². The van der Waals surface area contributed by atoms with E-state index in [1.54, 1.807) is 11.3 Å². The monoisotopic (exact) mass is 347 g/mol. The summed E-state index contributed by atoms with van der Waals surface area (Å²) in [7, 11) is 1.81. The third-order valence-corrected chi connectivity index (χ3v) is 5.17. The lowest BCUT2D eigenvalue weighted by Crippen LogP contribution is -2.42. The fourth-order valence-electron chi connectivity index (χ4n) is 2.99. The van der Waals surface area contributed by atoms with E-state index >= 15 is 0 Å². The SMILES string of the molecule is CN=C(NCCc1csc(C)n1)NCC1CCc2nnc(C)n2C1. The van der Waals surface area contributed by atoms with Crippen molar-refractivity contribution in [2.75, 3.05) is 20.1 Å². The van der Waals surface area contributed by atoms with Crippen LogP contribution in [0, 0.1) is 19.8 Å². The summed E-state index contributed by atoms with van der Waals surface area (Å²) in [5, 5.41) is 18.4. The number of hydrogen-bond donors (Lipinski definition) is 2. The van der Waals surface area contributed by atoms with Crippen molar-refractivity contribution in [1.29, 1.82) is 0 Å². The van der Waals surface area contributed by atoms with Gasteiger partial charge in [-0.05, 0) is 26.2 Å². The average molecular weight is 347 g/mol. The summed E-state index contributed by atoms with van der Waals surface area (Å²) in [4.78, 5) is 8.79. The molecule has 0 aromatic carbocycles. The maximum atomic E-state index is 4.48. The lowest BCUT2D eigenvalue weighted by atomic mass is 9.99. The van der Waals surface area contributed by atoms with E-state index < -0.39 is 0 Å². The van der Waals surface area contributed by atoms with E-state index in [9.17, 15) is 0 Å². The Bertz CT molecular complexity index is 703. The maximum Gasteiger partial charge on any atom is 0.190 e. The molecule has 8 heteroatoms. The molecule has 1 unspecified atom stereocenters. The molecule has 0 bridgehead atoms. The molecule has 2 aromatic heterocycles. The van der Waals surface area contributed by atoms with Crippen LogP contribution in [-0.2, 0) is 19.4 Å². The number of guanidine groups is 1. The van der Waals surface area contributed by atoms with Crippen LogP contribution in [0.25, 0.3) is 0 Å². The van der Waals surface area contributed by atoms with Crippen LogP contribution in [0.1, 0.15) is 28.8 Å². The number of hydrogen-bond acceptors (Lipinski definition) is 5. The van der Waals surface area contributed by atoms with Gasteiger partial charge < -0.3 is 15.2 Å². The zero-order valence-corrected chi connectivity index (χ0v) is 15.4. The van der Waals surface area contributed by atoms with E-state index in [-0.39, 0.29) is 0 Å². The van der Waals surface area contributed by atoms with Crippen molar-refractivity contribution in [1.82, 2.24) is 30.4 Å². The van der Waals surface area contributed by atoms with Crippen LogP contribution in [0.5, 0.6) is 0 Å². The van der Waals surface area contributed by atoms with Crippen LogP contribution in [0.4, 0.5) is 0 Å². The van der Waals surface area contributed by atoms with Gasteiger partial charge in [0.2, 0.25) is 0 Å². The van der Waals surface area contributed by atoms with Crippen molar-refractivity contribution >= 4 is 17.3 Å². The van der Waals surface area contributed by atoms with Crippen LogP contribution < -0.4 is 10.6 Å². The van der Waals surface area contributed by atoms with Crippen LogP contribution in [-0.4, -0.2) is 45.8 Å². The average Bonchev–Trinajstić information content (AvgIpc) is 3.17. The van der Waals surface area contributed by atoms with Crippen molar-refractivity contribution in [2.45, 2.75) is 39.7 Å². The molecular weight excluding hydrogens is 322 g/mol. The lowest BCUT2D eigenvalue weighted by molar-refractivity contribution is 0.358. The highest BCUT2D eigenvalue weighted by atomic mass is 32.1. The Morgan fingerprint density at radius 1 is 1.38 bits per heavy atom. The van der Waals surface area contributed by atoms with Gasteiger partial charge in [-0.2, -0.15) is 0 Å². The first kappa shape index (κ1) is 16.9. The quantitative estimate of drug-likeness (QED) is 0.630. The molecule has 0 saturated carbocycles. The summed E-state index contributed by atoms with van der Waals surface area (Å²) in [6.45, 7) is 6.78. The van der Waals surface area contributed by atoms with Crippen molar-refractivity contribution < 1.29 is 0 Å². The molecular formula is C16H25N7S. The molecule has 3 heterocycles. The van der Waals surface area contributed by atoms with Gasteiger partial charge in [0.05, 0.1) is 10.7 Å². The molecule has 7 nitrogen and oxygen atoms in total. The number of rotatable bonds is 5. The normalized spacial score (nSPS) is 17.6. The molecule has 0 radical (unpaired) electrons. The Morgan fingerprint density at radius 2 is 2.25 bits per heavy atom. The molecule has 0 fully saturated rings. The van der Waals surface area contributed by atoms with Crippen molar-refractivity contribution in [3.8, 4) is 0 Å². The minimum atomic E-state index is 0.576. The van der Waals surface area contributed by atoms with E-state index in [0.29, 0.717) is 5.92 Å². The second kappa shape index (κ2) is 7.74. The summed E-state index contributed by atoms with van der Waals surface area (Å²) >= 11 is 1.70. The Morgan fingerprint density at radius 3 is 3.00 bits per heavy atom. The molecule has 1 aliphatic rings. The molecule has 1 aliphatic heterocycles. The molecule has 24 heavy (non-hydrogen) atoms. The van der Waals surface area contributed by atoms with E-state index in [2.05, 4.69) is 40.8 Å². The zero-order chi connectivity index (χ0) is 16.9. The summed E-state index contributed by atoms with van der Waals surface area (Å²) in [5.74, 6) is 3.56. The van der Waals surface area contributed by atoms with Gasteiger partial charge in [0.25, 0.3) is 0 Å². The number of aryl methyl sites for hydroxylation is 3. The molecule has 2 aromatic rings. The molecule has 0 aliphatic carbocycles. The Hall–Kier alpha value is -1.96. The van der Waals surface area contributed by atoms with E-state index in [1.165, 1.54) is 0 Å². The van der Waals surface area contributed by atoms with E-state index in [1.807, 2.05) is 20.9 Å². The molecule has 0 saturated heterocycles. The fraction of sp³-hybridized carbons (Fsp3) is 0.625. The van der Waals surface area contributed by atoms with Crippen molar-refractivity contribution in [3.63, 3.8) is 0 Å². The van der Waals surface area contributed by atoms with Gasteiger partial charge in [-0.25, -0.2) is 4.98 Å². The molecule has 130 valence electrons. The second-order valence-corrected chi connectivity index (χ2v) is 7.23. The highest BCUT2D eigenvalue weighted by Gasteiger charge is 2.21. The highest BCUT2D eigenvalue weighted by molar-refractivity contribution is 7.09. The Kier molecular flexibility index (Phi) is 5.44. The van der Waals surface area contributed by atoms with Crippen LogP contribution in [0.15, 0.2) is 10.4 Å². The predicted octanol–water partition coefficient (Wildman–Crippen LogP) is 1.32. The number of aliphatic imine (C=N–C) groups is 1. The third kappa shape index (κ3) is 4.11. The Labute approximate surface area is 146 Å². The van der Waals surface area contributed by atoms with Crippen LogP contribution in [0.2, 0.25) is 0 Å². The first-order chi connectivity index (χ1) is 11.7. The van der Waals surface area contributed by atoms with E-state index in [4.69, 9.17) is 0 Å². The third-order valence-electron chi connectivity index (χ3n) is 4.35. The lowest BCUT2D eigenvalue weighted by Gasteiger charge is -2.25. The van der Waals surface area contributed by atoms with Crippen molar-refractivity contribution in [2.24, 2.45) is 10.9 Å². The summed E-state index contributed by atoms with van der Waals surface area (Å²) in [6.07, 6.45) is 3.06. The van der Waals surface area contributed by atoms with E-state index in [0.717, 1.165) is 67.2 Å². The first-order valence-electron chi connectivity index (χ1n) is 8.40. The van der Waals surface area contributed by atoms with Crippen LogP contribution >= 0.6 is 11.3 Å². The standard InChI is InChI=1S/C16H25N7S/c1-11-21-22-15-5-4-13(9-23(11)15)8-19-16(17-3)18-7-6-14-10-24-12(2)20-14/h10,13H,4-9H2,1-3H3,(H2,17,18,19). The first-order valence-corrected chi connectivity index (χ1v) is 9.28. The maximum absolute atomic E-state index is 4.48. The van der Waals surface area contributed by atoms with Gasteiger partial charge in [-0.15, -0.1) is 21.5 Å². The summed E-state index contributed by atoms with van der Waals surface area (Å²) in [6, 6.07) is 0. The van der Waals surface area contributed by atoms with Crippen molar-refractivity contribution in [3.05, 3.63) is 27.7 Å². The number of aromatic nitrogens is 4. The minimum absolute atomic E-state index is 0.576. The van der Waals surface area contributed by atoms with Gasteiger partial charge in [-0.3, -0.25) is 4.99 Å². The second-order valence-electron chi connectivity index (χ2n) is 6.17. The predicted molar refractivity (Wildman–Crippen MR) is 96.5 cm³/mol. The molecule has 3 rings (SSSR count). The highest BCUT2D eigenvalue weighted by Crippen LogP contribution is 2.19. The molecule has 1 atom stereocenters. The summed E-state index contributed by atoms with van der Waals surface area (Å²) < 4.78 is 2.23. The fourth-order valence-corrected chi connectivity index (χ4v) is 3.64. The van der Waals surface area contributed by atoms with Gasteiger partial charge in [-0.1, -0.05) is 0 Å². The minimum Gasteiger partial charge on any atom is -0.356 e. The number of nitrogens with one attached hydrogen (secondary N) is 2. The zero-order valence-electron chi connectivity index (χ0n) is 14.5. The van der Waals surface area contributed by atoms with Gasteiger partial charge in [0, 0.05) is 44.9 Å². The van der Waals surface area contributed by atoms with Gasteiger partial charge in [0.15, 0.2) is 5.96 Å². The largest absolute Gasteiger partial charge is 0.356 e. The summed E-state index contributed by atoms with van der Waals surface area (Å²) in [5.41, 5.74) is 1.14. The topological polar surface area (TPSA) is 80.0 Å². The Balaban J connectivity index is 1.42. The number of thiazole rings is 1. The number of fused-ring (bicyclic) bond motifs is 1. The smallest absolute Gasteiger partial charge is 0.190 e. The number of nitrogens with zero attached hydrogens (tertiary/aromatic N) is 5. The molecule has 0 amide bonds. The molecule has 2 N–H and O–H groups in total. The molecule has 0 spiro atoms. The van der Waals surface area contributed by atoms with Gasteiger partial charge >= 0.3 is 0 Å². The van der Waals surface area contributed by atoms with Gasteiger partial charge in [0.1, 0.15) is 11.6 Å².